The summed E-state index contributed by atoms with van der Waals surface area (Å²) in [6.45, 7) is 3.05. The van der Waals surface area contributed by atoms with E-state index < -0.39 is 0 Å². The summed E-state index contributed by atoms with van der Waals surface area (Å²) in [6.07, 6.45) is 5.29. The molecule has 2 aromatic carbocycles. The smallest absolute Gasteiger partial charge is 0.244 e. The Morgan fingerprint density at radius 3 is 2.61 bits per heavy atom. The Balaban J connectivity index is 1.76. The van der Waals surface area contributed by atoms with E-state index in [0.29, 0.717) is 31.0 Å². The number of hydrogen-bond donors (Lipinski definition) is 3. The van der Waals surface area contributed by atoms with Crippen molar-refractivity contribution in [1.82, 2.24) is 19.9 Å². The van der Waals surface area contributed by atoms with Gasteiger partial charge in [-0.2, -0.15) is 0 Å². The average Bonchev–Trinajstić information content (AvgIpc) is 3.15. The Morgan fingerprint density at radius 2 is 1.88 bits per heavy atom. The maximum absolute atomic E-state index is 12.6. The lowest BCUT2D eigenvalue weighted by molar-refractivity contribution is -0.116. The molecule has 33 heavy (non-hydrogen) atoms. The van der Waals surface area contributed by atoms with Crippen LogP contribution in [0.1, 0.15) is 23.2 Å². The molecule has 0 atom stereocenters. The van der Waals surface area contributed by atoms with E-state index in [0.717, 1.165) is 33.3 Å². The van der Waals surface area contributed by atoms with E-state index >= 15 is 0 Å². The molecule has 0 unspecified atom stereocenters. The number of aryl methyl sites for hydroxylation is 2. The highest BCUT2D eigenvalue weighted by molar-refractivity contribution is 6.05. The third kappa shape index (κ3) is 4.94. The molecular weight excluding hydrogens is 414 g/mol. The van der Waals surface area contributed by atoms with Crippen LogP contribution in [0.5, 0.6) is 0 Å². The molecule has 4 N–H and O–H groups in total. The Kier molecular flexibility index (Phi) is 6.80. The minimum atomic E-state index is -0.202. The van der Waals surface area contributed by atoms with Crippen molar-refractivity contribution in [2.45, 2.75) is 26.4 Å². The van der Waals surface area contributed by atoms with Crippen molar-refractivity contribution in [2.75, 3.05) is 12.3 Å². The van der Waals surface area contributed by atoms with E-state index in [1.807, 2.05) is 66.1 Å². The lowest BCUT2D eigenvalue weighted by Crippen LogP contribution is -2.20. The zero-order chi connectivity index (χ0) is 23.2. The van der Waals surface area contributed by atoms with E-state index in [2.05, 4.69) is 15.3 Å². The monoisotopic (exact) mass is 441 g/mol. The van der Waals surface area contributed by atoms with Gasteiger partial charge in [0, 0.05) is 31.3 Å². The van der Waals surface area contributed by atoms with Gasteiger partial charge in [0.05, 0.1) is 11.1 Å². The fraction of sp³-hybridized carbons (Fsp3) is 0.192. The zero-order valence-electron chi connectivity index (χ0n) is 18.5. The number of aliphatic hydroxyl groups excluding tert-OH is 1. The standard InChI is InChI=1S/C26H27N5O2/c1-18-8-10-20(11-9-18)23-21(12-13-22(33)28-16-19-6-3-2-4-7-19)31(14-5-15-32)26-24(23)25(27)29-17-30-26/h2-4,6-13,17,32H,5,14-16H2,1H3,(H,28,33)(H2,27,29,30)/b13-12+. The second kappa shape index (κ2) is 10.1. The fourth-order valence-electron chi connectivity index (χ4n) is 3.85. The van der Waals surface area contributed by atoms with Crippen LogP contribution in [0, 0.1) is 6.92 Å². The number of nitrogens with zero attached hydrogens (tertiary/aromatic N) is 3. The molecule has 0 saturated heterocycles. The van der Waals surface area contributed by atoms with Crippen molar-refractivity contribution in [3.8, 4) is 11.1 Å². The van der Waals surface area contributed by atoms with Gasteiger partial charge < -0.3 is 20.7 Å². The molecule has 0 bridgehead atoms. The van der Waals surface area contributed by atoms with Crippen LogP contribution in [-0.4, -0.2) is 32.2 Å². The van der Waals surface area contributed by atoms with Crippen molar-refractivity contribution in [2.24, 2.45) is 0 Å². The van der Waals surface area contributed by atoms with Gasteiger partial charge in [-0.15, -0.1) is 0 Å². The number of anilines is 1. The maximum atomic E-state index is 12.6. The molecule has 1 amide bonds. The number of benzene rings is 2. The maximum Gasteiger partial charge on any atom is 0.244 e. The van der Waals surface area contributed by atoms with Crippen molar-refractivity contribution in [1.29, 1.82) is 0 Å². The molecule has 168 valence electrons. The Hall–Kier alpha value is -3.97. The summed E-state index contributed by atoms with van der Waals surface area (Å²) >= 11 is 0. The number of nitrogens with two attached hydrogens (primary N) is 1. The first kappa shape index (κ1) is 22.2. The van der Waals surface area contributed by atoms with Gasteiger partial charge in [0.25, 0.3) is 0 Å². The molecule has 2 heterocycles. The van der Waals surface area contributed by atoms with Crippen LogP contribution in [0.15, 0.2) is 67.0 Å². The summed E-state index contributed by atoms with van der Waals surface area (Å²) in [5.74, 6) is 0.174. The van der Waals surface area contributed by atoms with Gasteiger partial charge in [0.2, 0.25) is 5.91 Å². The molecule has 0 saturated carbocycles. The number of amides is 1. The second-order valence-electron chi connectivity index (χ2n) is 7.85. The summed E-state index contributed by atoms with van der Waals surface area (Å²) < 4.78 is 1.99. The van der Waals surface area contributed by atoms with Gasteiger partial charge in [-0.25, -0.2) is 9.97 Å². The third-order valence-electron chi connectivity index (χ3n) is 5.49. The highest BCUT2D eigenvalue weighted by Gasteiger charge is 2.20. The topological polar surface area (TPSA) is 106 Å². The number of fused-ring (bicyclic) bond motifs is 1. The molecule has 0 aliphatic carbocycles. The summed E-state index contributed by atoms with van der Waals surface area (Å²) in [5, 5.41) is 13.1. The molecule has 0 spiro atoms. The van der Waals surface area contributed by atoms with Crippen molar-refractivity contribution < 1.29 is 9.90 Å². The molecule has 4 aromatic rings. The van der Waals surface area contributed by atoms with Crippen LogP contribution >= 0.6 is 0 Å². The van der Waals surface area contributed by atoms with Crippen LogP contribution < -0.4 is 11.1 Å². The van der Waals surface area contributed by atoms with Crippen LogP contribution in [0.25, 0.3) is 28.2 Å². The molecule has 4 rings (SSSR count). The van der Waals surface area contributed by atoms with E-state index in [9.17, 15) is 9.90 Å². The molecule has 0 aliphatic heterocycles. The number of carbonyl (C=O) groups excluding carboxylic acids is 1. The van der Waals surface area contributed by atoms with Gasteiger partial charge in [-0.1, -0.05) is 60.2 Å². The fourth-order valence-corrected chi connectivity index (χ4v) is 3.85. The predicted molar refractivity (Wildman–Crippen MR) is 131 cm³/mol. The molecule has 0 radical (unpaired) electrons. The molecule has 7 nitrogen and oxygen atoms in total. The number of nitrogen functional groups attached to an aromatic ring is 1. The van der Waals surface area contributed by atoms with Gasteiger partial charge >= 0.3 is 0 Å². The highest BCUT2D eigenvalue weighted by Crippen LogP contribution is 2.37. The molecule has 7 heteroatoms. The Labute approximate surface area is 192 Å². The number of hydrogen-bond acceptors (Lipinski definition) is 5. The molecular formula is C26H27N5O2. The lowest BCUT2D eigenvalue weighted by Gasteiger charge is -2.09. The normalized spacial score (nSPS) is 11.3. The largest absolute Gasteiger partial charge is 0.396 e. The zero-order valence-corrected chi connectivity index (χ0v) is 18.5. The second-order valence-corrected chi connectivity index (χ2v) is 7.85. The van der Waals surface area contributed by atoms with Crippen molar-refractivity contribution in [3.05, 3.63) is 83.8 Å². The summed E-state index contributed by atoms with van der Waals surface area (Å²) in [6, 6.07) is 17.9. The number of aliphatic hydroxyl groups is 1. The highest BCUT2D eigenvalue weighted by atomic mass is 16.3. The number of rotatable bonds is 8. The van der Waals surface area contributed by atoms with E-state index in [1.165, 1.54) is 12.4 Å². The van der Waals surface area contributed by atoms with Crippen LogP contribution in [0.3, 0.4) is 0 Å². The van der Waals surface area contributed by atoms with Crippen molar-refractivity contribution >= 4 is 28.8 Å². The van der Waals surface area contributed by atoms with E-state index in [-0.39, 0.29) is 12.5 Å². The van der Waals surface area contributed by atoms with Crippen LogP contribution in [0.2, 0.25) is 0 Å². The van der Waals surface area contributed by atoms with Gasteiger partial charge in [0.1, 0.15) is 17.8 Å². The van der Waals surface area contributed by atoms with Crippen molar-refractivity contribution in [3.63, 3.8) is 0 Å². The summed E-state index contributed by atoms with van der Waals surface area (Å²) in [7, 11) is 0. The molecule has 0 aliphatic rings. The quantitative estimate of drug-likeness (QED) is 0.362. The first-order chi connectivity index (χ1) is 16.1. The SMILES string of the molecule is Cc1ccc(-c2c(/C=C/C(=O)NCc3ccccc3)n(CCCO)c3ncnc(N)c23)cc1. The molecule has 2 aromatic heterocycles. The Morgan fingerprint density at radius 1 is 1.12 bits per heavy atom. The first-order valence-electron chi connectivity index (χ1n) is 10.9. The summed E-state index contributed by atoms with van der Waals surface area (Å²) in [4.78, 5) is 21.3. The van der Waals surface area contributed by atoms with Gasteiger partial charge in [-0.05, 0) is 30.5 Å². The number of aromatic nitrogens is 3. The van der Waals surface area contributed by atoms with Gasteiger partial charge in [0.15, 0.2) is 0 Å². The van der Waals surface area contributed by atoms with Gasteiger partial charge in [-0.3, -0.25) is 4.79 Å². The van der Waals surface area contributed by atoms with E-state index in [1.54, 1.807) is 6.08 Å². The third-order valence-corrected chi connectivity index (χ3v) is 5.49. The first-order valence-corrected chi connectivity index (χ1v) is 10.9. The number of carbonyl (C=O) groups is 1. The molecule has 0 fully saturated rings. The predicted octanol–water partition coefficient (Wildman–Crippen LogP) is 3.70. The summed E-state index contributed by atoms with van der Waals surface area (Å²) in [5.41, 5.74) is 11.8. The lowest BCUT2D eigenvalue weighted by atomic mass is 10.0. The number of nitrogens with one attached hydrogen (secondary N) is 1. The van der Waals surface area contributed by atoms with Crippen LogP contribution in [-0.2, 0) is 17.9 Å². The minimum Gasteiger partial charge on any atom is -0.396 e. The van der Waals surface area contributed by atoms with Crippen LogP contribution in [0.4, 0.5) is 5.82 Å². The Bertz CT molecular complexity index is 1280. The average molecular weight is 442 g/mol. The minimum absolute atomic E-state index is 0.0425. The van der Waals surface area contributed by atoms with E-state index in [4.69, 9.17) is 5.73 Å².